The molecule has 0 spiro atoms. The van der Waals surface area contributed by atoms with Gasteiger partial charge in [-0.1, -0.05) is 36.4 Å². The second-order valence-corrected chi connectivity index (χ2v) is 7.84. The van der Waals surface area contributed by atoms with Gasteiger partial charge in [0.1, 0.15) is 0 Å². The van der Waals surface area contributed by atoms with Crippen LogP contribution in [0.15, 0.2) is 60.8 Å². The van der Waals surface area contributed by atoms with Gasteiger partial charge in [0.2, 0.25) is 5.91 Å². The average molecular weight is 405 g/mol. The van der Waals surface area contributed by atoms with Crippen molar-refractivity contribution >= 4 is 22.7 Å². The molecule has 1 aliphatic rings. The second-order valence-electron chi connectivity index (χ2n) is 7.84. The molecule has 6 heteroatoms. The van der Waals surface area contributed by atoms with Gasteiger partial charge in [-0.3, -0.25) is 9.59 Å². The maximum Gasteiger partial charge on any atom is 0.251 e. The second kappa shape index (κ2) is 9.59. The molecule has 1 saturated heterocycles. The Morgan fingerprint density at radius 3 is 2.53 bits per heavy atom. The lowest BCUT2D eigenvalue weighted by atomic mass is 10.0. The zero-order valence-corrected chi connectivity index (χ0v) is 17.1. The van der Waals surface area contributed by atoms with Crippen molar-refractivity contribution in [2.75, 3.05) is 26.2 Å². The highest BCUT2D eigenvalue weighted by atomic mass is 16.2. The number of para-hydroxylation sites is 1. The minimum absolute atomic E-state index is 0.00844. The SMILES string of the molecule is O=C(CNC(=O)c1ccccc1)NC1CCN(CCc2c[nH]c3ccccc23)CC1. The van der Waals surface area contributed by atoms with E-state index in [4.69, 9.17) is 0 Å². The first-order valence-electron chi connectivity index (χ1n) is 10.6. The van der Waals surface area contributed by atoms with Crippen molar-refractivity contribution in [3.05, 3.63) is 71.9 Å². The van der Waals surface area contributed by atoms with Crippen LogP contribution in [0, 0.1) is 0 Å². The van der Waals surface area contributed by atoms with Crippen molar-refractivity contribution in [3.63, 3.8) is 0 Å². The number of aromatic amines is 1. The van der Waals surface area contributed by atoms with E-state index in [1.807, 2.05) is 6.07 Å². The van der Waals surface area contributed by atoms with Gasteiger partial charge in [-0.2, -0.15) is 0 Å². The minimum Gasteiger partial charge on any atom is -0.361 e. The van der Waals surface area contributed by atoms with Gasteiger partial charge in [-0.05, 0) is 43.0 Å². The van der Waals surface area contributed by atoms with E-state index < -0.39 is 0 Å². The molecule has 0 atom stereocenters. The summed E-state index contributed by atoms with van der Waals surface area (Å²) in [5.74, 6) is -0.352. The highest BCUT2D eigenvalue weighted by molar-refractivity contribution is 5.96. The molecule has 2 heterocycles. The van der Waals surface area contributed by atoms with E-state index in [2.05, 4.69) is 51.0 Å². The molecule has 4 rings (SSSR count). The molecule has 30 heavy (non-hydrogen) atoms. The van der Waals surface area contributed by atoms with Gasteiger partial charge in [0.15, 0.2) is 0 Å². The van der Waals surface area contributed by atoms with Gasteiger partial charge in [0, 0.05) is 48.3 Å². The molecule has 0 unspecified atom stereocenters. The number of carbonyl (C=O) groups excluding carboxylic acids is 2. The largest absolute Gasteiger partial charge is 0.361 e. The molecule has 0 aliphatic carbocycles. The summed E-state index contributed by atoms with van der Waals surface area (Å²) in [5, 5.41) is 7.04. The predicted octanol–water partition coefficient (Wildman–Crippen LogP) is 2.72. The van der Waals surface area contributed by atoms with Gasteiger partial charge in [-0.25, -0.2) is 0 Å². The maximum absolute atomic E-state index is 12.2. The molecular formula is C24H28N4O2. The Kier molecular flexibility index (Phi) is 6.44. The van der Waals surface area contributed by atoms with Crippen LogP contribution in [0.3, 0.4) is 0 Å². The van der Waals surface area contributed by atoms with Gasteiger partial charge in [0.05, 0.1) is 6.54 Å². The number of H-pyrrole nitrogens is 1. The van der Waals surface area contributed by atoms with Crippen LogP contribution < -0.4 is 10.6 Å². The first-order valence-corrected chi connectivity index (χ1v) is 10.6. The van der Waals surface area contributed by atoms with Gasteiger partial charge < -0.3 is 20.5 Å². The van der Waals surface area contributed by atoms with E-state index in [1.54, 1.807) is 24.3 Å². The van der Waals surface area contributed by atoms with Crippen LogP contribution in [0.1, 0.15) is 28.8 Å². The van der Waals surface area contributed by atoms with Crippen LogP contribution in [-0.2, 0) is 11.2 Å². The lowest BCUT2D eigenvalue weighted by molar-refractivity contribution is -0.121. The van der Waals surface area contributed by atoms with E-state index in [0.29, 0.717) is 5.56 Å². The molecule has 0 radical (unpaired) electrons. The molecule has 2 amide bonds. The number of nitrogens with zero attached hydrogens (tertiary/aromatic N) is 1. The van der Waals surface area contributed by atoms with E-state index in [-0.39, 0.29) is 24.4 Å². The quantitative estimate of drug-likeness (QED) is 0.567. The molecule has 3 N–H and O–H groups in total. The Balaban J connectivity index is 1.16. The average Bonchev–Trinajstić information content (AvgIpc) is 3.21. The number of carbonyl (C=O) groups is 2. The Hall–Kier alpha value is -3.12. The van der Waals surface area contributed by atoms with Crippen LogP contribution in [0.2, 0.25) is 0 Å². The molecule has 1 fully saturated rings. The number of fused-ring (bicyclic) bond motifs is 1. The van der Waals surface area contributed by atoms with Crippen molar-refractivity contribution in [1.82, 2.24) is 20.5 Å². The van der Waals surface area contributed by atoms with E-state index in [1.165, 1.54) is 16.5 Å². The molecule has 0 saturated carbocycles. The van der Waals surface area contributed by atoms with Crippen LogP contribution in [-0.4, -0.2) is 53.9 Å². The molecule has 3 aromatic rings. The number of benzene rings is 2. The Morgan fingerprint density at radius 2 is 1.73 bits per heavy atom. The maximum atomic E-state index is 12.2. The Morgan fingerprint density at radius 1 is 1.00 bits per heavy atom. The van der Waals surface area contributed by atoms with Gasteiger partial charge in [-0.15, -0.1) is 0 Å². The fourth-order valence-corrected chi connectivity index (χ4v) is 4.05. The van der Waals surface area contributed by atoms with Crippen LogP contribution in [0.25, 0.3) is 10.9 Å². The third kappa shape index (κ3) is 5.07. The summed E-state index contributed by atoms with van der Waals surface area (Å²) >= 11 is 0. The van der Waals surface area contributed by atoms with Crippen molar-refractivity contribution in [2.45, 2.75) is 25.3 Å². The number of aromatic nitrogens is 1. The van der Waals surface area contributed by atoms with Crippen LogP contribution >= 0.6 is 0 Å². The highest BCUT2D eigenvalue weighted by Gasteiger charge is 2.21. The molecule has 156 valence electrons. The lowest BCUT2D eigenvalue weighted by Crippen LogP contribution is -2.47. The standard InChI is InChI=1S/C24H28N4O2/c29-23(17-26-24(30)18-6-2-1-3-7-18)27-20-11-14-28(15-12-20)13-10-19-16-25-22-9-5-4-8-21(19)22/h1-9,16,20,25H,10-15,17H2,(H,26,30)(H,27,29). The minimum atomic E-state index is -0.224. The van der Waals surface area contributed by atoms with Crippen molar-refractivity contribution in [1.29, 1.82) is 0 Å². The van der Waals surface area contributed by atoms with Crippen molar-refractivity contribution < 1.29 is 9.59 Å². The first-order chi connectivity index (χ1) is 14.7. The molecule has 0 bridgehead atoms. The predicted molar refractivity (Wildman–Crippen MR) is 118 cm³/mol. The number of hydrogen-bond donors (Lipinski definition) is 3. The zero-order chi connectivity index (χ0) is 20.8. The summed E-state index contributed by atoms with van der Waals surface area (Å²) in [7, 11) is 0. The Bertz CT molecular complexity index is 991. The lowest BCUT2D eigenvalue weighted by Gasteiger charge is -2.32. The summed E-state index contributed by atoms with van der Waals surface area (Å²) in [4.78, 5) is 30.0. The van der Waals surface area contributed by atoms with Crippen LogP contribution in [0.4, 0.5) is 0 Å². The fourth-order valence-electron chi connectivity index (χ4n) is 4.05. The monoisotopic (exact) mass is 404 g/mol. The number of likely N-dealkylation sites (tertiary alicyclic amines) is 1. The molecule has 1 aliphatic heterocycles. The molecule has 1 aromatic heterocycles. The zero-order valence-electron chi connectivity index (χ0n) is 17.1. The Labute approximate surface area is 176 Å². The smallest absolute Gasteiger partial charge is 0.251 e. The third-order valence-corrected chi connectivity index (χ3v) is 5.77. The van der Waals surface area contributed by atoms with Gasteiger partial charge >= 0.3 is 0 Å². The number of hydrogen-bond acceptors (Lipinski definition) is 3. The van der Waals surface area contributed by atoms with Gasteiger partial charge in [0.25, 0.3) is 5.91 Å². The molecule has 2 aromatic carbocycles. The van der Waals surface area contributed by atoms with E-state index >= 15 is 0 Å². The number of nitrogens with one attached hydrogen (secondary N) is 3. The molecular weight excluding hydrogens is 376 g/mol. The first kappa shape index (κ1) is 20.2. The molecule has 6 nitrogen and oxygen atoms in total. The summed E-state index contributed by atoms with van der Waals surface area (Å²) in [6.07, 6.45) is 5.01. The number of amides is 2. The van der Waals surface area contributed by atoms with Crippen LogP contribution in [0.5, 0.6) is 0 Å². The number of rotatable bonds is 7. The summed E-state index contributed by atoms with van der Waals surface area (Å²) < 4.78 is 0. The van der Waals surface area contributed by atoms with E-state index in [0.717, 1.165) is 38.9 Å². The summed E-state index contributed by atoms with van der Waals surface area (Å²) in [5.41, 5.74) is 3.11. The number of piperidine rings is 1. The highest BCUT2D eigenvalue weighted by Crippen LogP contribution is 2.19. The summed E-state index contributed by atoms with van der Waals surface area (Å²) in [6.45, 7) is 2.98. The van der Waals surface area contributed by atoms with E-state index in [9.17, 15) is 9.59 Å². The van der Waals surface area contributed by atoms with Crippen molar-refractivity contribution in [2.24, 2.45) is 0 Å². The summed E-state index contributed by atoms with van der Waals surface area (Å²) in [6, 6.07) is 17.5. The topological polar surface area (TPSA) is 77.2 Å². The van der Waals surface area contributed by atoms with Crippen molar-refractivity contribution in [3.8, 4) is 0 Å². The third-order valence-electron chi connectivity index (χ3n) is 5.77. The normalized spacial score (nSPS) is 15.2. The fraction of sp³-hybridized carbons (Fsp3) is 0.333.